The van der Waals surface area contributed by atoms with Gasteiger partial charge in [-0.25, -0.2) is 8.42 Å². The minimum absolute atomic E-state index is 0.0694. The Kier molecular flexibility index (Phi) is 11.1. The van der Waals surface area contributed by atoms with Gasteiger partial charge in [0.1, 0.15) is 12.6 Å². The van der Waals surface area contributed by atoms with E-state index in [1.54, 1.807) is 30.3 Å². The van der Waals surface area contributed by atoms with Crippen LogP contribution < -0.4 is 9.62 Å². The number of hydrogen-bond donors (Lipinski definition) is 1. The molecule has 0 radical (unpaired) electrons. The molecule has 0 bridgehead atoms. The second-order valence-corrected chi connectivity index (χ2v) is 11.6. The second kappa shape index (κ2) is 13.3. The molecule has 0 aliphatic carbocycles. The monoisotopic (exact) mass is 555 g/mol. The van der Waals surface area contributed by atoms with Crippen LogP contribution in [0.1, 0.15) is 49.8 Å². The summed E-state index contributed by atoms with van der Waals surface area (Å²) in [5.41, 5.74) is 2.98. The number of carbonyl (C=O) groups is 2. The highest BCUT2D eigenvalue weighted by Gasteiger charge is 2.31. The normalized spacial score (nSPS) is 12.2. The van der Waals surface area contributed by atoms with Crippen molar-refractivity contribution in [3.8, 4) is 0 Å². The average Bonchev–Trinajstić information content (AvgIpc) is 2.80. The number of unbranched alkanes of at least 4 members (excludes halogenated alkanes) is 1. The average molecular weight is 557 g/mol. The smallest absolute Gasteiger partial charge is 0.244 e. The summed E-state index contributed by atoms with van der Waals surface area (Å²) in [7, 11) is -3.78. The van der Waals surface area contributed by atoms with Crippen LogP contribution in [0.2, 0.25) is 10.0 Å². The number of aryl methyl sites for hydroxylation is 2. The summed E-state index contributed by atoms with van der Waals surface area (Å²) < 4.78 is 26.5. The lowest BCUT2D eigenvalue weighted by atomic mass is 10.1. The van der Waals surface area contributed by atoms with E-state index in [1.807, 2.05) is 33.8 Å². The summed E-state index contributed by atoms with van der Waals surface area (Å²) in [4.78, 5) is 28.2. The number of anilines is 1. The Balaban J connectivity index is 2.45. The SMILES string of the molecule is CCCCNC(=O)[C@@H](CC)N(Cc1ccc(Cl)c(Cl)c1)C(=O)CN(c1ccc(C)c(C)c1)S(C)(=O)=O. The summed E-state index contributed by atoms with van der Waals surface area (Å²) in [6.45, 7) is 7.77. The third kappa shape index (κ3) is 8.11. The van der Waals surface area contributed by atoms with Crippen molar-refractivity contribution >= 4 is 50.7 Å². The summed E-state index contributed by atoms with van der Waals surface area (Å²) in [5.74, 6) is -0.779. The molecule has 1 N–H and O–H groups in total. The number of amides is 2. The molecule has 198 valence electrons. The minimum atomic E-state index is -3.78. The molecule has 0 aliphatic heterocycles. The molecule has 7 nitrogen and oxygen atoms in total. The highest BCUT2D eigenvalue weighted by molar-refractivity contribution is 7.92. The summed E-state index contributed by atoms with van der Waals surface area (Å²) in [6.07, 6.45) is 3.15. The molecule has 0 heterocycles. The predicted octanol–water partition coefficient (Wildman–Crippen LogP) is 5.10. The van der Waals surface area contributed by atoms with Gasteiger partial charge < -0.3 is 10.2 Å². The topological polar surface area (TPSA) is 86.8 Å². The van der Waals surface area contributed by atoms with Gasteiger partial charge in [0.05, 0.1) is 22.0 Å². The molecular weight excluding hydrogens is 521 g/mol. The van der Waals surface area contributed by atoms with Crippen molar-refractivity contribution in [1.29, 1.82) is 0 Å². The lowest BCUT2D eigenvalue weighted by Gasteiger charge is -2.33. The Morgan fingerprint density at radius 2 is 1.69 bits per heavy atom. The largest absolute Gasteiger partial charge is 0.354 e. The maximum Gasteiger partial charge on any atom is 0.244 e. The van der Waals surface area contributed by atoms with Gasteiger partial charge in [-0.05, 0) is 67.6 Å². The van der Waals surface area contributed by atoms with Crippen LogP contribution in [0.15, 0.2) is 36.4 Å². The second-order valence-electron chi connectivity index (χ2n) is 8.88. The van der Waals surface area contributed by atoms with Crippen LogP contribution in [-0.2, 0) is 26.2 Å². The van der Waals surface area contributed by atoms with Crippen molar-refractivity contribution < 1.29 is 18.0 Å². The molecule has 1 atom stereocenters. The van der Waals surface area contributed by atoms with Crippen LogP contribution in [0.3, 0.4) is 0 Å². The van der Waals surface area contributed by atoms with Gasteiger partial charge in [-0.3, -0.25) is 13.9 Å². The van der Waals surface area contributed by atoms with Gasteiger partial charge >= 0.3 is 0 Å². The van der Waals surface area contributed by atoms with Crippen molar-refractivity contribution in [1.82, 2.24) is 10.2 Å². The van der Waals surface area contributed by atoms with E-state index in [4.69, 9.17) is 23.2 Å². The molecule has 0 saturated carbocycles. The van der Waals surface area contributed by atoms with Crippen LogP contribution in [0.5, 0.6) is 0 Å². The molecule has 2 rings (SSSR count). The van der Waals surface area contributed by atoms with Crippen molar-refractivity contribution in [2.45, 2.75) is 59.5 Å². The molecule has 0 unspecified atom stereocenters. The van der Waals surface area contributed by atoms with E-state index in [2.05, 4.69) is 5.32 Å². The first-order valence-corrected chi connectivity index (χ1v) is 14.6. The standard InChI is InChI=1S/C26H35Cl2N3O4S/c1-6-8-13-29-26(33)24(7-2)30(16-20-10-12-22(27)23(28)15-20)25(32)17-31(36(5,34)35)21-11-9-18(3)19(4)14-21/h9-12,14-15,24H,6-8,13,16-17H2,1-5H3,(H,29,33)/t24-/m1/s1. The highest BCUT2D eigenvalue weighted by atomic mass is 35.5. The molecule has 0 aromatic heterocycles. The summed E-state index contributed by atoms with van der Waals surface area (Å²) in [6, 6.07) is 9.44. The number of hydrogen-bond acceptors (Lipinski definition) is 4. The van der Waals surface area contributed by atoms with Crippen molar-refractivity contribution in [3.63, 3.8) is 0 Å². The maximum atomic E-state index is 13.7. The van der Waals surface area contributed by atoms with E-state index in [0.717, 1.165) is 34.5 Å². The van der Waals surface area contributed by atoms with E-state index < -0.39 is 28.5 Å². The van der Waals surface area contributed by atoms with E-state index in [1.165, 1.54) is 4.90 Å². The zero-order chi connectivity index (χ0) is 27.0. The third-order valence-electron chi connectivity index (χ3n) is 6.01. The highest BCUT2D eigenvalue weighted by Crippen LogP contribution is 2.25. The Hall–Kier alpha value is -2.29. The zero-order valence-corrected chi connectivity index (χ0v) is 23.8. The number of halogens is 2. The number of benzene rings is 2. The molecule has 0 saturated heterocycles. The molecule has 0 aliphatic rings. The van der Waals surface area contributed by atoms with Crippen LogP contribution in [-0.4, -0.2) is 50.5 Å². The summed E-state index contributed by atoms with van der Waals surface area (Å²) >= 11 is 12.2. The van der Waals surface area contributed by atoms with Gasteiger partial charge in [0, 0.05) is 13.1 Å². The van der Waals surface area contributed by atoms with Crippen LogP contribution in [0.4, 0.5) is 5.69 Å². The molecule has 0 spiro atoms. The first kappa shape index (κ1) is 29.9. The van der Waals surface area contributed by atoms with Crippen LogP contribution >= 0.6 is 23.2 Å². The molecular formula is C26H35Cl2N3O4S. The number of sulfonamides is 1. The fourth-order valence-electron chi connectivity index (χ4n) is 3.75. The van der Waals surface area contributed by atoms with E-state index in [-0.39, 0.29) is 12.5 Å². The first-order valence-electron chi connectivity index (χ1n) is 11.9. The lowest BCUT2D eigenvalue weighted by molar-refractivity contribution is -0.140. The van der Waals surface area contributed by atoms with E-state index >= 15 is 0 Å². The molecule has 0 fully saturated rings. The van der Waals surface area contributed by atoms with Gasteiger partial charge in [0.2, 0.25) is 21.8 Å². The Labute approximate surface area is 224 Å². The van der Waals surface area contributed by atoms with Crippen molar-refractivity contribution in [2.75, 3.05) is 23.7 Å². The fourth-order valence-corrected chi connectivity index (χ4v) is 4.92. The Bertz CT molecular complexity index is 1190. The van der Waals surface area contributed by atoms with Crippen molar-refractivity contribution in [3.05, 3.63) is 63.1 Å². The van der Waals surface area contributed by atoms with Gasteiger partial charge in [-0.15, -0.1) is 0 Å². The number of rotatable bonds is 12. The van der Waals surface area contributed by atoms with Crippen molar-refractivity contribution in [2.24, 2.45) is 0 Å². The van der Waals surface area contributed by atoms with Gasteiger partial charge in [-0.1, -0.05) is 55.6 Å². The lowest BCUT2D eigenvalue weighted by Crippen LogP contribution is -2.52. The molecule has 2 amide bonds. The van der Waals surface area contributed by atoms with Gasteiger partial charge in [0.25, 0.3) is 0 Å². The fraction of sp³-hybridized carbons (Fsp3) is 0.462. The quantitative estimate of drug-likeness (QED) is 0.369. The van der Waals surface area contributed by atoms with Crippen LogP contribution in [0.25, 0.3) is 0 Å². The van der Waals surface area contributed by atoms with E-state index in [0.29, 0.717) is 34.3 Å². The number of nitrogens with zero attached hydrogens (tertiary/aromatic N) is 2. The van der Waals surface area contributed by atoms with Gasteiger partial charge in [-0.2, -0.15) is 0 Å². The minimum Gasteiger partial charge on any atom is -0.354 e. The van der Waals surface area contributed by atoms with Gasteiger partial charge in [0.15, 0.2) is 0 Å². The van der Waals surface area contributed by atoms with E-state index in [9.17, 15) is 18.0 Å². The predicted molar refractivity (Wildman–Crippen MR) is 147 cm³/mol. The summed E-state index contributed by atoms with van der Waals surface area (Å²) in [5, 5.41) is 3.60. The zero-order valence-electron chi connectivity index (χ0n) is 21.5. The number of nitrogens with one attached hydrogen (secondary N) is 1. The third-order valence-corrected chi connectivity index (χ3v) is 7.89. The van der Waals surface area contributed by atoms with Crippen LogP contribution in [0, 0.1) is 13.8 Å². The molecule has 36 heavy (non-hydrogen) atoms. The maximum absolute atomic E-state index is 13.7. The Morgan fingerprint density at radius 1 is 1.00 bits per heavy atom. The molecule has 10 heteroatoms. The first-order chi connectivity index (χ1) is 16.9. The molecule has 2 aromatic carbocycles. The Morgan fingerprint density at radius 3 is 2.25 bits per heavy atom. The molecule has 2 aromatic rings. The number of carbonyl (C=O) groups excluding carboxylic acids is 2.